The molecule has 0 aromatic carbocycles. The molecule has 1 unspecified atom stereocenters. The third-order valence-corrected chi connectivity index (χ3v) is 3.72. The summed E-state index contributed by atoms with van der Waals surface area (Å²) in [4.78, 5) is 13.1. The highest BCUT2D eigenvalue weighted by Crippen LogP contribution is 2.22. The van der Waals surface area contributed by atoms with Crippen molar-refractivity contribution in [3.8, 4) is 0 Å². The fraction of sp³-hybridized carbons (Fsp3) is 0.714. The molecule has 0 aliphatic carbocycles. The number of likely N-dealkylation sites (tertiary alicyclic amines) is 1. The smallest absolute Gasteiger partial charge is 0.355 e. The number of hydrogen-bond donors (Lipinski definition) is 2. The molecule has 9 heteroatoms. The van der Waals surface area contributed by atoms with Crippen LogP contribution in [0.5, 0.6) is 0 Å². The van der Waals surface area contributed by atoms with Crippen LogP contribution in [0.15, 0.2) is 18.5 Å². The molecule has 1 aliphatic heterocycles. The van der Waals surface area contributed by atoms with E-state index in [2.05, 4.69) is 15.7 Å². The topological polar surface area (TPSA) is 62.2 Å². The maximum Gasteiger partial charge on any atom is 0.401 e. The van der Waals surface area contributed by atoms with Crippen molar-refractivity contribution in [1.82, 2.24) is 25.3 Å². The van der Waals surface area contributed by atoms with E-state index < -0.39 is 12.7 Å². The zero-order chi connectivity index (χ0) is 16.7. The number of nitrogens with one attached hydrogen (secondary N) is 2. The molecular weight excluding hydrogens is 311 g/mol. The normalized spacial score (nSPS) is 19.2. The molecule has 1 saturated heterocycles. The molecule has 0 saturated carbocycles. The van der Waals surface area contributed by atoms with Gasteiger partial charge in [-0.15, -0.1) is 0 Å². The molecule has 1 amide bonds. The summed E-state index contributed by atoms with van der Waals surface area (Å²) >= 11 is 0. The molecule has 0 bridgehead atoms. The Kier molecular flexibility index (Phi) is 6.40. The van der Waals surface area contributed by atoms with Crippen LogP contribution in [0.25, 0.3) is 0 Å². The molecule has 1 fully saturated rings. The molecule has 23 heavy (non-hydrogen) atoms. The lowest BCUT2D eigenvalue weighted by atomic mass is 10.1. The average molecular weight is 333 g/mol. The third kappa shape index (κ3) is 7.00. The summed E-state index contributed by atoms with van der Waals surface area (Å²) in [6, 6.07) is 1.83. The van der Waals surface area contributed by atoms with Crippen molar-refractivity contribution in [2.24, 2.45) is 5.92 Å². The third-order valence-electron chi connectivity index (χ3n) is 3.72. The summed E-state index contributed by atoms with van der Waals surface area (Å²) in [5.74, 6) is -0.0508. The van der Waals surface area contributed by atoms with Gasteiger partial charge in [-0.05, 0) is 24.9 Å². The van der Waals surface area contributed by atoms with Crippen molar-refractivity contribution in [3.63, 3.8) is 0 Å². The number of nitrogens with zero attached hydrogens (tertiary/aromatic N) is 3. The highest BCUT2D eigenvalue weighted by Gasteiger charge is 2.34. The Morgan fingerprint density at radius 3 is 2.91 bits per heavy atom. The number of rotatable bonds is 8. The van der Waals surface area contributed by atoms with E-state index in [1.54, 1.807) is 10.9 Å². The molecule has 1 aromatic rings. The van der Waals surface area contributed by atoms with Gasteiger partial charge in [-0.25, -0.2) is 0 Å². The van der Waals surface area contributed by atoms with Crippen molar-refractivity contribution in [3.05, 3.63) is 18.5 Å². The van der Waals surface area contributed by atoms with E-state index in [-0.39, 0.29) is 18.4 Å². The Hall–Kier alpha value is -1.61. The van der Waals surface area contributed by atoms with E-state index in [9.17, 15) is 18.0 Å². The standard InChI is InChI=1S/C14H22F3N5O/c15-14(16,17)11-21-6-2-12(10-21)8-19-13(23)9-18-4-7-22-5-1-3-20-22/h1,3,5,12,18H,2,4,6-11H2,(H,19,23). The van der Waals surface area contributed by atoms with Gasteiger partial charge in [0.05, 0.1) is 19.6 Å². The van der Waals surface area contributed by atoms with E-state index in [1.165, 1.54) is 4.90 Å². The van der Waals surface area contributed by atoms with Gasteiger partial charge in [-0.2, -0.15) is 18.3 Å². The molecule has 0 radical (unpaired) electrons. The molecule has 1 atom stereocenters. The zero-order valence-electron chi connectivity index (χ0n) is 12.9. The lowest BCUT2D eigenvalue weighted by molar-refractivity contribution is -0.143. The number of halogens is 3. The zero-order valence-corrected chi connectivity index (χ0v) is 12.9. The van der Waals surface area contributed by atoms with Crippen LogP contribution in [-0.4, -0.2) is 66.0 Å². The molecule has 2 N–H and O–H groups in total. The summed E-state index contributed by atoms with van der Waals surface area (Å²) in [5.41, 5.74) is 0. The predicted octanol–water partition coefficient (Wildman–Crippen LogP) is 0.473. The fourth-order valence-electron chi connectivity index (χ4n) is 2.63. The summed E-state index contributed by atoms with van der Waals surface area (Å²) in [5, 5.41) is 9.82. The highest BCUT2D eigenvalue weighted by atomic mass is 19.4. The minimum absolute atomic E-state index is 0.0883. The minimum atomic E-state index is -4.16. The first-order valence-electron chi connectivity index (χ1n) is 7.66. The maximum absolute atomic E-state index is 12.3. The van der Waals surface area contributed by atoms with Crippen molar-refractivity contribution in [2.75, 3.05) is 39.3 Å². The molecule has 130 valence electrons. The molecule has 1 aromatic heterocycles. The Morgan fingerprint density at radius 1 is 1.39 bits per heavy atom. The van der Waals surface area contributed by atoms with Crippen molar-refractivity contribution in [1.29, 1.82) is 0 Å². The first-order valence-corrected chi connectivity index (χ1v) is 7.66. The molecule has 2 rings (SSSR count). The summed E-state index contributed by atoms with van der Waals surface area (Å²) in [7, 11) is 0. The van der Waals surface area contributed by atoms with Gasteiger partial charge >= 0.3 is 6.18 Å². The van der Waals surface area contributed by atoms with Gasteiger partial charge in [0.25, 0.3) is 0 Å². The van der Waals surface area contributed by atoms with Gasteiger partial charge in [0.1, 0.15) is 0 Å². The van der Waals surface area contributed by atoms with Gasteiger partial charge in [0.15, 0.2) is 0 Å². The molecule has 6 nitrogen and oxygen atoms in total. The van der Waals surface area contributed by atoms with Crippen molar-refractivity contribution < 1.29 is 18.0 Å². The largest absolute Gasteiger partial charge is 0.401 e. The second-order valence-corrected chi connectivity index (χ2v) is 5.75. The van der Waals surface area contributed by atoms with Crippen LogP contribution >= 0.6 is 0 Å². The number of carbonyl (C=O) groups is 1. The van der Waals surface area contributed by atoms with E-state index in [1.807, 2.05) is 12.3 Å². The van der Waals surface area contributed by atoms with E-state index in [0.717, 1.165) is 0 Å². The van der Waals surface area contributed by atoms with Gasteiger partial charge in [0, 0.05) is 32.0 Å². The molecular formula is C14H22F3N5O. The van der Waals surface area contributed by atoms with E-state index in [0.29, 0.717) is 39.1 Å². The van der Waals surface area contributed by atoms with Gasteiger partial charge in [-0.1, -0.05) is 0 Å². The summed E-state index contributed by atoms with van der Waals surface area (Å²) in [6.07, 6.45) is 0.0602. The first kappa shape index (κ1) is 17.7. The second-order valence-electron chi connectivity index (χ2n) is 5.75. The van der Waals surface area contributed by atoms with Crippen molar-refractivity contribution in [2.45, 2.75) is 19.1 Å². The SMILES string of the molecule is O=C(CNCCn1cccn1)NCC1CCN(CC(F)(F)F)C1. The Balaban J connectivity index is 1.53. The Bertz CT molecular complexity index is 477. The van der Waals surface area contributed by atoms with Gasteiger partial charge in [-0.3, -0.25) is 14.4 Å². The number of hydrogen-bond acceptors (Lipinski definition) is 4. The van der Waals surface area contributed by atoms with Crippen LogP contribution < -0.4 is 10.6 Å². The second kappa shape index (κ2) is 8.30. The number of alkyl halides is 3. The number of aromatic nitrogens is 2. The van der Waals surface area contributed by atoms with Gasteiger partial charge < -0.3 is 10.6 Å². The lowest BCUT2D eigenvalue weighted by Gasteiger charge is -2.18. The number of amides is 1. The highest BCUT2D eigenvalue weighted by molar-refractivity contribution is 5.77. The minimum Gasteiger partial charge on any atom is -0.355 e. The van der Waals surface area contributed by atoms with Crippen LogP contribution in [0.3, 0.4) is 0 Å². The lowest BCUT2D eigenvalue weighted by Crippen LogP contribution is -2.38. The average Bonchev–Trinajstić information content (AvgIpc) is 3.11. The van der Waals surface area contributed by atoms with Crippen LogP contribution in [0.1, 0.15) is 6.42 Å². The van der Waals surface area contributed by atoms with Crippen LogP contribution in [0.2, 0.25) is 0 Å². The predicted molar refractivity (Wildman–Crippen MR) is 78.7 cm³/mol. The Morgan fingerprint density at radius 2 is 2.22 bits per heavy atom. The van der Waals surface area contributed by atoms with Gasteiger partial charge in [0.2, 0.25) is 5.91 Å². The number of carbonyl (C=O) groups excluding carboxylic acids is 1. The monoisotopic (exact) mass is 333 g/mol. The maximum atomic E-state index is 12.3. The molecule has 1 aliphatic rings. The quantitative estimate of drug-likeness (QED) is 0.679. The molecule has 0 spiro atoms. The van der Waals surface area contributed by atoms with E-state index in [4.69, 9.17) is 0 Å². The van der Waals surface area contributed by atoms with Crippen LogP contribution in [0, 0.1) is 5.92 Å². The Labute approximate surface area is 133 Å². The fourth-order valence-corrected chi connectivity index (χ4v) is 2.63. The van der Waals surface area contributed by atoms with E-state index >= 15 is 0 Å². The van der Waals surface area contributed by atoms with Crippen LogP contribution in [0.4, 0.5) is 13.2 Å². The van der Waals surface area contributed by atoms with Crippen LogP contribution in [-0.2, 0) is 11.3 Å². The first-order chi connectivity index (χ1) is 10.9. The van der Waals surface area contributed by atoms with Crippen molar-refractivity contribution >= 4 is 5.91 Å². The summed E-state index contributed by atoms with van der Waals surface area (Å²) < 4.78 is 38.7. The molecule has 2 heterocycles. The summed E-state index contributed by atoms with van der Waals surface area (Å²) in [6.45, 7) is 1.86.